The Morgan fingerprint density at radius 3 is 2.50 bits per heavy atom. The van der Waals surface area contributed by atoms with Gasteiger partial charge >= 0.3 is 12.0 Å². The Labute approximate surface area is 129 Å². The van der Waals surface area contributed by atoms with E-state index in [9.17, 15) is 9.59 Å². The summed E-state index contributed by atoms with van der Waals surface area (Å²) >= 11 is 0. The molecule has 1 heterocycles. The minimum absolute atomic E-state index is 0.237. The number of rotatable bonds is 3. The van der Waals surface area contributed by atoms with Gasteiger partial charge in [0.25, 0.3) is 0 Å². The van der Waals surface area contributed by atoms with Crippen LogP contribution in [0.3, 0.4) is 0 Å². The van der Waals surface area contributed by atoms with Crippen molar-refractivity contribution in [2.24, 2.45) is 5.92 Å². The first kappa shape index (κ1) is 15.8. The largest absolute Gasteiger partial charge is 0.481 e. The Kier molecular flexibility index (Phi) is 4.36. The highest BCUT2D eigenvalue weighted by atomic mass is 16.4. The van der Waals surface area contributed by atoms with Gasteiger partial charge in [-0.25, -0.2) is 4.79 Å². The van der Waals surface area contributed by atoms with E-state index in [2.05, 4.69) is 11.4 Å². The molecule has 1 saturated heterocycles. The van der Waals surface area contributed by atoms with Crippen LogP contribution < -0.4 is 5.32 Å². The molecule has 1 aromatic rings. The van der Waals surface area contributed by atoms with Crippen LogP contribution in [0.15, 0.2) is 24.3 Å². The van der Waals surface area contributed by atoms with E-state index < -0.39 is 17.3 Å². The number of nitrogens with one attached hydrogen (secondary N) is 1. The molecule has 1 aromatic carbocycles. The molecule has 2 N–H and O–H groups in total. The van der Waals surface area contributed by atoms with Crippen LogP contribution in [-0.4, -0.2) is 35.1 Å². The van der Waals surface area contributed by atoms with Crippen molar-refractivity contribution in [1.29, 1.82) is 5.26 Å². The predicted octanol–water partition coefficient (Wildman–Crippen LogP) is 2.43. The summed E-state index contributed by atoms with van der Waals surface area (Å²) in [6, 6.07) is 9.04. The maximum atomic E-state index is 12.1. The van der Waals surface area contributed by atoms with Crippen molar-refractivity contribution >= 4 is 17.7 Å². The second-order valence-electron chi connectivity index (χ2n) is 6.01. The number of nitriles is 1. The number of carboxylic acid groups (broad SMARTS) is 1. The zero-order valence-corrected chi connectivity index (χ0v) is 12.7. The van der Waals surface area contributed by atoms with Gasteiger partial charge in [-0.2, -0.15) is 5.26 Å². The fourth-order valence-corrected chi connectivity index (χ4v) is 2.38. The number of carbonyl (C=O) groups is 2. The molecule has 0 radical (unpaired) electrons. The second kappa shape index (κ2) is 6.06. The lowest BCUT2D eigenvalue weighted by molar-refractivity contribution is -0.141. The summed E-state index contributed by atoms with van der Waals surface area (Å²) < 4.78 is 0. The molecule has 0 aliphatic carbocycles. The molecule has 0 saturated carbocycles. The number of nitrogens with zero attached hydrogens (tertiary/aromatic N) is 2. The summed E-state index contributed by atoms with van der Waals surface area (Å²) in [5.74, 6) is -1.34. The summed E-state index contributed by atoms with van der Waals surface area (Å²) in [5, 5.41) is 20.8. The van der Waals surface area contributed by atoms with Gasteiger partial charge in [-0.3, -0.25) is 4.79 Å². The quantitative estimate of drug-likeness (QED) is 0.896. The molecular formula is C16H19N3O3. The van der Waals surface area contributed by atoms with E-state index in [1.807, 2.05) is 26.0 Å². The number of anilines is 1. The Morgan fingerprint density at radius 1 is 1.36 bits per heavy atom. The van der Waals surface area contributed by atoms with Gasteiger partial charge in [0, 0.05) is 18.8 Å². The molecule has 6 nitrogen and oxygen atoms in total. The highest BCUT2D eigenvalue weighted by Gasteiger charge is 2.30. The van der Waals surface area contributed by atoms with Crippen molar-refractivity contribution in [2.75, 3.05) is 18.4 Å². The number of likely N-dealkylation sites (tertiary alicyclic amines) is 1. The molecule has 2 amide bonds. The number of benzene rings is 1. The summed E-state index contributed by atoms with van der Waals surface area (Å²) in [4.78, 5) is 24.5. The van der Waals surface area contributed by atoms with Crippen molar-refractivity contribution in [3.63, 3.8) is 0 Å². The van der Waals surface area contributed by atoms with E-state index >= 15 is 0 Å². The van der Waals surface area contributed by atoms with E-state index in [1.165, 1.54) is 4.90 Å². The summed E-state index contributed by atoms with van der Waals surface area (Å²) in [5.41, 5.74) is 0.924. The molecule has 1 fully saturated rings. The number of hydrogen-bond acceptors (Lipinski definition) is 3. The third-order valence-electron chi connectivity index (χ3n) is 3.96. The number of hydrogen-bond donors (Lipinski definition) is 2. The van der Waals surface area contributed by atoms with Crippen LogP contribution in [0, 0.1) is 17.2 Å². The van der Waals surface area contributed by atoms with E-state index in [0.29, 0.717) is 18.7 Å². The number of carboxylic acids is 1. The Bertz CT molecular complexity index is 617. The van der Waals surface area contributed by atoms with E-state index in [4.69, 9.17) is 10.4 Å². The molecule has 22 heavy (non-hydrogen) atoms. The molecule has 0 bridgehead atoms. The van der Waals surface area contributed by atoms with Gasteiger partial charge in [0.15, 0.2) is 0 Å². The van der Waals surface area contributed by atoms with Gasteiger partial charge in [0.05, 0.1) is 17.4 Å². The van der Waals surface area contributed by atoms with Crippen molar-refractivity contribution < 1.29 is 14.7 Å². The Balaban J connectivity index is 1.99. The number of amides is 2. The maximum absolute atomic E-state index is 12.1. The average molecular weight is 301 g/mol. The first-order chi connectivity index (χ1) is 10.3. The van der Waals surface area contributed by atoms with Crippen molar-refractivity contribution in [3.05, 3.63) is 29.8 Å². The molecular weight excluding hydrogens is 282 g/mol. The highest BCUT2D eigenvalue weighted by molar-refractivity contribution is 5.90. The second-order valence-corrected chi connectivity index (χ2v) is 6.01. The third-order valence-corrected chi connectivity index (χ3v) is 3.96. The van der Waals surface area contributed by atoms with Crippen molar-refractivity contribution in [3.8, 4) is 6.07 Å². The lowest BCUT2D eigenvalue weighted by Crippen LogP contribution is -2.33. The first-order valence-electron chi connectivity index (χ1n) is 7.14. The summed E-state index contributed by atoms with van der Waals surface area (Å²) in [7, 11) is 0. The lowest BCUT2D eigenvalue weighted by atomic mass is 9.86. The fraction of sp³-hybridized carbons (Fsp3) is 0.438. The van der Waals surface area contributed by atoms with Gasteiger partial charge < -0.3 is 15.3 Å². The minimum Gasteiger partial charge on any atom is -0.481 e. The van der Waals surface area contributed by atoms with E-state index in [1.54, 1.807) is 12.1 Å². The summed E-state index contributed by atoms with van der Waals surface area (Å²) in [6.07, 6.45) is 0.484. The number of aliphatic carboxylic acids is 1. The molecule has 1 aliphatic rings. The topological polar surface area (TPSA) is 93.4 Å². The van der Waals surface area contributed by atoms with Crippen LogP contribution in [0.5, 0.6) is 0 Å². The zero-order valence-electron chi connectivity index (χ0n) is 12.7. The third kappa shape index (κ3) is 3.37. The smallest absolute Gasteiger partial charge is 0.321 e. The molecule has 0 aromatic heterocycles. The van der Waals surface area contributed by atoms with Crippen LogP contribution in [0.2, 0.25) is 0 Å². The molecule has 6 heteroatoms. The van der Waals surface area contributed by atoms with E-state index in [-0.39, 0.29) is 12.6 Å². The first-order valence-corrected chi connectivity index (χ1v) is 7.14. The fourth-order valence-electron chi connectivity index (χ4n) is 2.38. The van der Waals surface area contributed by atoms with Crippen molar-refractivity contribution in [1.82, 2.24) is 4.90 Å². The van der Waals surface area contributed by atoms with Gasteiger partial charge in [-0.15, -0.1) is 0 Å². The monoisotopic (exact) mass is 301 g/mol. The minimum atomic E-state index is -0.863. The predicted molar refractivity (Wildman–Crippen MR) is 81.4 cm³/mol. The molecule has 116 valence electrons. The molecule has 0 spiro atoms. The van der Waals surface area contributed by atoms with Gasteiger partial charge in [0.2, 0.25) is 0 Å². The van der Waals surface area contributed by atoms with Crippen LogP contribution in [0.1, 0.15) is 25.8 Å². The molecule has 1 atom stereocenters. The van der Waals surface area contributed by atoms with Crippen molar-refractivity contribution in [2.45, 2.75) is 25.7 Å². The van der Waals surface area contributed by atoms with Crippen LogP contribution in [0.25, 0.3) is 0 Å². The lowest BCUT2D eigenvalue weighted by Gasteiger charge is -2.18. The zero-order chi connectivity index (χ0) is 16.3. The highest BCUT2D eigenvalue weighted by Crippen LogP contribution is 2.24. The standard InChI is InChI=1S/C16H19N3O3/c1-16(2,10-17)12-3-5-13(6-4-12)18-15(22)19-8-7-11(9-19)14(20)21/h3-6,11H,7-9H2,1-2H3,(H,18,22)(H,20,21). The van der Waals surface area contributed by atoms with Crippen LogP contribution >= 0.6 is 0 Å². The number of carbonyl (C=O) groups excluding carboxylic acids is 1. The maximum Gasteiger partial charge on any atom is 0.321 e. The summed E-state index contributed by atoms with van der Waals surface area (Å²) in [6.45, 7) is 4.34. The molecule has 1 aliphatic heterocycles. The average Bonchev–Trinajstić information content (AvgIpc) is 2.98. The van der Waals surface area contributed by atoms with Crippen LogP contribution in [-0.2, 0) is 10.2 Å². The van der Waals surface area contributed by atoms with Gasteiger partial charge in [0.1, 0.15) is 0 Å². The van der Waals surface area contributed by atoms with Crippen LogP contribution in [0.4, 0.5) is 10.5 Å². The Morgan fingerprint density at radius 2 is 2.00 bits per heavy atom. The normalized spacial score (nSPS) is 17.9. The molecule has 2 rings (SSSR count). The van der Waals surface area contributed by atoms with Gasteiger partial charge in [-0.1, -0.05) is 12.1 Å². The molecule has 1 unspecified atom stereocenters. The SMILES string of the molecule is CC(C)(C#N)c1ccc(NC(=O)N2CCC(C(=O)O)C2)cc1. The van der Waals surface area contributed by atoms with E-state index in [0.717, 1.165) is 5.56 Å². The van der Waals surface area contributed by atoms with Gasteiger partial charge in [-0.05, 0) is 38.0 Å². The Hall–Kier alpha value is -2.55. The number of urea groups is 1.